The minimum Gasteiger partial charge on any atom is -0.0625 e. The highest BCUT2D eigenvalue weighted by Gasteiger charge is 2.42. The second-order valence-electron chi connectivity index (χ2n) is 5.22. The molecule has 0 fully saturated rings. The molecule has 3 aromatic carbocycles. The number of hydrogen-bond acceptors (Lipinski definition) is 0. The Morgan fingerprint density at radius 2 is 0.773 bits per heavy atom. The van der Waals surface area contributed by atoms with Crippen molar-refractivity contribution in [3.8, 4) is 0 Å². The number of benzene rings is 3. The molecule has 0 aliphatic heterocycles. The molecule has 0 spiro atoms. The third-order valence-corrected chi connectivity index (χ3v) is 19.9. The second-order valence-corrected chi connectivity index (χ2v) is 20.5. The van der Waals surface area contributed by atoms with E-state index in [0.29, 0.717) is 0 Å². The molecule has 4 heteroatoms. The predicted molar refractivity (Wildman–Crippen MR) is 101 cm³/mol. The molecule has 0 aromatic heterocycles. The van der Waals surface area contributed by atoms with Gasteiger partial charge in [-0.2, -0.15) is 0 Å². The molecule has 103 valence electrons. The lowest BCUT2D eigenvalue weighted by Crippen LogP contribution is -2.77. The quantitative estimate of drug-likeness (QED) is 0.491. The molecule has 3 aromatic rings. The molecule has 0 N–H and O–H groups in total. The highest BCUT2D eigenvalue weighted by atomic mass is 29.8. The maximum Gasteiger partial charge on any atom is 0.130 e. The van der Waals surface area contributed by atoms with Crippen LogP contribution in [0, 0.1) is 0 Å². The van der Waals surface area contributed by atoms with E-state index in [0.717, 1.165) is 0 Å². The summed E-state index contributed by atoms with van der Waals surface area (Å²) in [7, 11) is 5.08. The van der Waals surface area contributed by atoms with E-state index in [1.165, 1.54) is 15.6 Å². The Balaban J connectivity index is 2.34. The lowest BCUT2D eigenvalue weighted by Gasteiger charge is -2.37. The zero-order chi connectivity index (χ0) is 15.4. The minimum absolute atomic E-state index is 0.939. The van der Waals surface area contributed by atoms with Gasteiger partial charge in [0.25, 0.3) is 0 Å². The summed E-state index contributed by atoms with van der Waals surface area (Å²) >= 11 is 0. The Kier molecular flexibility index (Phi) is 4.73. The molecule has 0 saturated carbocycles. The molecule has 0 nitrogen and oxygen atoms in total. The van der Waals surface area contributed by atoms with Crippen LogP contribution < -0.4 is 15.6 Å². The average molecular weight is 344 g/mol. The molecule has 22 heavy (non-hydrogen) atoms. The fraction of sp³-hybridized carbons (Fsp3) is 0. The summed E-state index contributed by atoms with van der Waals surface area (Å²) in [4.78, 5) is 0. The van der Waals surface area contributed by atoms with Crippen molar-refractivity contribution in [2.45, 2.75) is 0 Å². The van der Waals surface area contributed by atoms with E-state index in [1.807, 2.05) is 0 Å². The molecule has 7 radical (unpaired) electrons. The van der Waals surface area contributed by atoms with E-state index in [2.05, 4.69) is 111 Å². The van der Waals surface area contributed by atoms with Crippen LogP contribution in [0.2, 0.25) is 0 Å². The van der Waals surface area contributed by atoms with Gasteiger partial charge in [0, 0.05) is 26.9 Å². The molecule has 0 unspecified atom stereocenters. The monoisotopic (exact) mass is 343 g/mol. The number of hydrogen-bond donors (Lipinski definition) is 0. The van der Waals surface area contributed by atoms with Crippen molar-refractivity contribution in [2.75, 3.05) is 0 Å². The Labute approximate surface area is 141 Å². The van der Waals surface area contributed by atoms with Crippen LogP contribution in [-0.2, 0) is 0 Å². The van der Waals surface area contributed by atoms with E-state index in [9.17, 15) is 0 Å². The maximum atomic E-state index is 4.04. The van der Waals surface area contributed by atoms with Gasteiger partial charge in [0.05, 0.1) is 0 Å². The van der Waals surface area contributed by atoms with Crippen LogP contribution in [0.1, 0.15) is 0 Å². The van der Waals surface area contributed by atoms with Gasteiger partial charge in [0.15, 0.2) is 0 Å². The van der Waals surface area contributed by atoms with Crippen molar-refractivity contribution in [3.05, 3.63) is 91.0 Å². The van der Waals surface area contributed by atoms with Gasteiger partial charge in [-0.3, -0.25) is 0 Å². The molecular weight excluding hydrogens is 329 g/mol. The van der Waals surface area contributed by atoms with E-state index in [1.54, 1.807) is 0 Å². The van der Waals surface area contributed by atoms with Gasteiger partial charge >= 0.3 is 0 Å². The van der Waals surface area contributed by atoms with Gasteiger partial charge in [-0.25, -0.2) is 0 Å². The Morgan fingerprint density at radius 3 is 1.00 bits per heavy atom. The predicted octanol–water partition coefficient (Wildman–Crippen LogP) is 1.06. The van der Waals surface area contributed by atoms with Crippen molar-refractivity contribution in [2.24, 2.45) is 0 Å². The van der Waals surface area contributed by atoms with Crippen LogP contribution in [0.25, 0.3) is 0 Å². The molecule has 0 amide bonds. The first-order valence-electron chi connectivity index (χ1n) is 7.23. The molecule has 0 bridgehead atoms. The van der Waals surface area contributed by atoms with Crippen molar-refractivity contribution >= 4 is 50.0 Å². The van der Waals surface area contributed by atoms with Crippen LogP contribution in [0.15, 0.2) is 91.0 Å². The first-order chi connectivity index (χ1) is 10.8. The summed E-state index contributed by atoms with van der Waals surface area (Å²) < 4.78 is 0. The lowest BCUT2D eigenvalue weighted by molar-refractivity contribution is 1.70. The topological polar surface area (TPSA) is 0 Å². The van der Waals surface area contributed by atoms with E-state index in [-0.39, 0.29) is 0 Å². The fourth-order valence-corrected chi connectivity index (χ4v) is 18.8. The minimum atomic E-state index is -2.07. The van der Waals surface area contributed by atoms with Crippen LogP contribution in [0.3, 0.4) is 0 Å². The van der Waals surface area contributed by atoms with Crippen LogP contribution in [0.5, 0.6) is 0 Å². The van der Waals surface area contributed by atoms with Crippen molar-refractivity contribution in [3.63, 3.8) is 0 Å². The van der Waals surface area contributed by atoms with Crippen LogP contribution >= 0.6 is 0 Å². The smallest absolute Gasteiger partial charge is 0.0625 e. The van der Waals surface area contributed by atoms with Crippen molar-refractivity contribution < 1.29 is 0 Å². The zero-order valence-electron chi connectivity index (χ0n) is 12.2. The summed E-state index contributed by atoms with van der Waals surface area (Å²) in [5.74, 6) is 0. The van der Waals surface area contributed by atoms with Crippen LogP contribution in [-0.4, -0.2) is 34.5 Å². The zero-order valence-corrected chi connectivity index (χ0v) is 16.2. The highest BCUT2D eigenvalue weighted by molar-refractivity contribution is 7.72. The van der Waals surface area contributed by atoms with Crippen molar-refractivity contribution in [1.29, 1.82) is 0 Å². The standard InChI is InChI=1S/C18H15Si4/c19-21(20)22(16-10-4-1-5-11-16,17-12-6-2-7-13-17)18-14-8-3-9-15-18/h1-15H. The van der Waals surface area contributed by atoms with E-state index >= 15 is 0 Å². The fourth-order valence-electron chi connectivity index (χ4n) is 3.00. The van der Waals surface area contributed by atoms with Gasteiger partial charge in [0.2, 0.25) is 0 Å². The largest absolute Gasteiger partial charge is 0.130 e. The summed E-state index contributed by atoms with van der Waals surface area (Å²) in [6.45, 7) is 0. The molecule has 0 aliphatic carbocycles. The SMILES string of the molecule is [Si][Si]([Si])[Si](c1ccccc1)(c1ccccc1)c1ccccc1. The average Bonchev–Trinajstić information content (AvgIpc) is 2.58. The van der Waals surface area contributed by atoms with Gasteiger partial charge in [-0.05, 0) is 0 Å². The third-order valence-electron chi connectivity index (χ3n) is 4.00. The van der Waals surface area contributed by atoms with Gasteiger partial charge in [0.1, 0.15) is 7.59 Å². The normalized spacial score (nSPS) is 11.6. The third kappa shape index (κ3) is 2.63. The summed E-state index contributed by atoms with van der Waals surface area (Å²) in [6, 6.07) is 32.8. The Bertz CT molecular complexity index is 615. The molecule has 3 rings (SSSR count). The second kappa shape index (κ2) is 6.74. The van der Waals surface area contributed by atoms with Gasteiger partial charge < -0.3 is 0 Å². The highest BCUT2D eigenvalue weighted by Crippen LogP contribution is 2.08. The van der Waals surface area contributed by atoms with E-state index in [4.69, 9.17) is 0 Å². The lowest BCUT2D eigenvalue weighted by atomic mass is 10.3. The van der Waals surface area contributed by atoms with Gasteiger partial charge in [-0.15, -0.1) is 0 Å². The first-order valence-corrected chi connectivity index (χ1v) is 14.7. The molecule has 0 aliphatic rings. The summed E-state index contributed by atoms with van der Waals surface area (Å²) in [5, 5.41) is 4.31. The molecule has 0 saturated heterocycles. The molecular formula is C18H15Si4. The molecule has 0 atom stereocenters. The Hall–Kier alpha value is -1.47. The molecule has 0 heterocycles. The van der Waals surface area contributed by atoms with Crippen molar-refractivity contribution in [1.82, 2.24) is 0 Å². The van der Waals surface area contributed by atoms with Crippen LogP contribution in [0.4, 0.5) is 0 Å². The maximum absolute atomic E-state index is 4.04. The number of rotatable bonds is 4. The van der Waals surface area contributed by atoms with Gasteiger partial charge in [-0.1, -0.05) is 107 Å². The Morgan fingerprint density at radius 1 is 0.500 bits per heavy atom. The van der Waals surface area contributed by atoms with E-state index < -0.39 is 14.9 Å². The summed E-state index contributed by atoms with van der Waals surface area (Å²) in [5.41, 5.74) is 0. The summed E-state index contributed by atoms with van der Waals surface area (Å²) in [6.07, 6.45) is 0. The first kappa shape index (κ1) is 15.4.